The summed E-state index contributed by atoms with van der Waals surface area (Å²) in [5.74, 6) is -0.337. The molecule has 1 amide bonds. The minimum absolute atomic E-state index is 0.337. The first kappa shape index (κ1) is 18.7. The molecule has 0 spiro atoms. The maximum absolute atomic E-state index is 10.9. The SMILES string of the molecule is O=C(CCCCCCN1OSC(=Cc2ccc3ccccc3c2)O1)NO. The maximum Gasteiger partial charge on any atom is 0.243 e. The average Bonchev–Trinajstić information content (AvgIpc) is 3.11. The molecule has 0 unspecified atom stereocenters. The van der Waals surface area contributed by atoms with Crippen LogP contribution in [0.15, 0.2) is 47.6 Å². The molecule has 0 saturated carbocycles. The lowest BCUT2D eigenvalue weighted by Crippen LogP contribution is -2.18. The summed E-state index contributed by atoms with van der Waals surface area (Å²) in [7, 11) is 0. The highest BCUT2D eigenvalue weighted by molar-refractivity contribution is 7.98. The Labute approximate surface area is 156 Å². The number of unbranched alkanes of at least 4 members (excludes halogenated alkanes) is 3. The highest BCUT2D eigenvalue weighted by Crippen LogP contribution is 2.32. The number of hydrogen-bond donors (Lipinski definition) is 2. The summed E-state index contributed by atoms with van der Waals surface area (Å²) in [4.78, 5) is 16.6. The zero-order chi connectivity index (χ0) is 18.2. The molecule has 1 saturated heterocycles. The predicted molar refractivity (Wildman–Crippen MR) is 101 cm³/mol. The molecule has 0 bridgehead atoms. The third-order valence-electron chi connectivity index (χ3n) is 4.07. The molecule has 0 atom stereocenters. The number of nitrogens with zero attached hydrogens (tertiary/aromatic N) is 1. The van der Waals surface area contributed by atoms with E-state index >= 15 is 0 Å². The summed E-state index contributed by atoms with van der Waals surface area (Å²) in [6.07, 6.45) is 5.87. The van der Waals surface area contributed by atoms with E-state index in [4.69, 9.17) is 14.3 Å². The van der Waals surface area contributed by atoms with Gasteiger partial charge < -0.3 is 4.84 Å². The Morgan fingerprint density at radius 3 is 2.77 bits per heavy atom. The number of carbonyl (C=O) groups is 1. The van der Waals surface area contributed by atoms with Crippen molar-refractivity contribution in [1.29, 1.82) is 0 Å². The Morgan fingerprint density at radius 2 is 1.92 bits per heavy atom. The monoisotopic (exact) mass is 374 g/mol. The first-order valence-corrected chi connectivity index (χ1v) is 9.42. The molecule has 0 aromatic heterocycles. The van der Waals surface area contributed by atoms with Gasteiger partial charge in [0.25, 0.3) is 0 Å². The van der Waals surface area contributed by atoms with Gasteiger partial charge in [0.2, 0.25) is 11.0 Å². The van der Waals surface area contributed by atoms with Gasteiger partial charge in [-0.25, -0.2) is 5.48 Å². The molecule has 7 heteroatoms. The normalized spacial score (nSPS) is 16.1. The number of carbonyl (C=O) groups excluding carboxylic acids is 1. The second-order valence-corrected chi connectivity index (χ2v) is 6.79. The molecule has 26 heavy (non-hydrogen) atoms. The molecule has 3 rings (SSSR count). The molecule has 1 heterocycles. The van der Waals surface area contributed by atoms with Crippen molar-refractivity contribution in [3.63, 3.8) is 0 Å². The number of fused-ring (bicyclic) bond motifs is 1. The molecule has 2 N–H and O–H groups in total. The molecule has 2 aromatic carbocycles. The van der Waals surface area contributed by atoms with Gasteiger partial charge in [-0.05, 0) is 46.5 Å². The van der Waals surface area contributed by atoms with Gasteiger partial charge in [-0.3, -0.25) is 10.0 Å². The van der Waals surface area contributed by atoms with Crippen LogP contribution < -0.4 is 5.48 Å². The molecule has 0 aliphatic carbocycles. The Bertz CT molecular complexity index is 781. The van der Waals surface area contributed by atoms with Crippen LogP contribution in [-0.4, -0.2) is 22.9 Å². The van der Waals surface area contributed by atoms with Crippen LogP contribution in [0.4, 0.5) is 0 Å². The van der Waals surface area contributed by atoms with E-state index in [9.17, 15) is 4.79 Å². The lowest BCUT2D eigenvalue weighted by molar-refractivity contribution is -0.259. The third kappa shape index (κ3) is 5.47. The lowest BCUT2D eigenvalue weighted by atomic mass is 10.1. The fourth-order valence-electron chi connectivity index (χ4n) is 2.71. The highest BCUT2D eigenvalue weighted by Gasteiger charge is 2.20. The molecule has 2 aromatic rings. The van der Waals surface area contributed by atoms with Crippen LogP contribution in [0.25, 0.3) is 16.8 Å². The van der Waals surface area contributed by atoms with Crippen LogP contribution in [0.1, 0.15) is 37.7 Å². The molecule has 0 radical (unpaired) electrons. The zero-order valence-electron chi connectivity index (χ0n) is 14.4. The summed E-state index contributed by atoms with van der Waals surface area (Å²) in [5.41, 5.74) is 2.71. The van der Waals surface area contributed by atoms with Crippen LogP contribution in [0.3, 0.4) is 0 Å². The fraction of sp³-hybridized carbons (Fsp3) is 0.316. The highest BCUT2D eigenvalue weighted by atomic mass is 32.2. The molecule has 1 aliphatic rings. The minimum atomic E-state index is -0.337. The number of benzene rings is 2. The number of nitrogens with one attached hydrogen (secondary N) is 1. The van der Waals surface area contributed by atoms with Crippen LogP contribution >= 0.6 is 12.0 Å². The van der Waals surface area contributed by atoms with Crippen LogP contribution in [0, 0.1) is 0 Å². The summed E-state index contributed by atoms with van der Waals surface area (Å²) < 4.78 is 5.45. The minimum Gasteiger partial charge on any atom is -0.370 e. The Hall–Kier alpha value is -2.06. The van der Waals surface area contributed by atoms with Crippen molar-refractivity contribution in [3.8, 4) is 0 Å². The zero-order valence-corrected chi connectivity index (χ0v) is 15.2. The first-order valence-electron chi connectivity index (χ1n) is 8.68. The Balaban J connectivity index is 1.41. The van der Waals surface area contributed by atoms with Gasteiger partial charge in [0.05, 0.1) is 18.6 Å². The van der Waals surface area contributed by atoms with E-state index in [0.29, 0.717) is 18.1 Å². The van der Waals surface area contributed by atoms with Crippen molar-refractivity contribution < 1.29 is 19.1 Å². The third-order valence-corrected chi connectivity index (χ3v) is 4.67. The van der Waals surface area contributed by atoms with Crippen molar-refractivity contribution in [2.24, 2.45) is 0 Å². The van der Waals surface area contributed by atoms with E-state index in [1.165, 1.54) is 28.0 Å². The van der Waals surface area contributed by atoms with Crippen molar-refractivity contribution in [1.82, 2.24) is 10.7 Å². The second-order valence-electron chi connectivity index (χ2n) is 6.07. The Morgan fingerprint density at radius 1 is 1.12 bits per heavy atom. The van der Waals surface area contributed by atoms with E-state index in [-0.39, 0.29) is 5.91 Å². The van der Waals surface area contributed by atoms with Crippen LogP contribution in [-0.2, 0) is 13.9 Å². The van der Waals surface area contributed by atoms with E-state index in [1.807, 2.05) is 18.2 Å². The van der Waals surface area contributed by atoms with Crippen molar-refractivity contribution in [2.75, 3.05) is 6.54 Å². The van der Waals surface area contributed by atoms with Crippen molar-refractivity contribution >= 4 is 34.8 Å². The van der Waals surface area contributed by atoms with E-state index in [2.05, 4.69) is 30.3 Å². The summed E-state index contributed by atoms with van der Waals surface area (Å²) in [6, 6.07) is 14.5. The number of rotatable bonds is 8. The smallest absolute Gasteiger partial charge is 0.243 e. The second kappa shape index (κ2) is 9.59. The van der Waals surface area contributed by atoms with Gasteiger partial charge in [0.1, 0.15) is 0 Å². The largest absolute Gasteiger partial charge is 0.370 e. The van der Waals surface area contributed by atoms with E-state index in [0.717, 1.165) is 31.2 Å². The first-order chi connectivity index (χ1) is 12.7. The molecule has 6 nitrogen and oxygen atoms in total. The van der Waals surface area contributed by atoms with E-state index in [1.54, 1.807) is 5.48 Å². The fourth-order valence-corrected chi connectivity index (χ4v) is 3.27. The van der Waals surface area contributed by atoms with Gasteiger partial charge in [-0.15, -0.1) is 0 Å². The summed E-state index contributed by atoms with van der Waals surface area (Å²) in [6.45, 7) is 0.661. The lowest BCUT2D eigenvalue weighted by Gasteiger charge is -2.10. The van der Waals surface area contributed by atoms with Crippen LogP contribution in [0.2, 0.25) is 0 Å². The maximum atomic E-state index is 10.9. The molecular formula is C19H22N2O4S. The average molecular weight is 374 g/mol. The topological polar surface area (TPSA) is 71.0 Å². The molecule has 138 valence electrons. The van der Waals surface area contributed by atoms with Gasteiger partial charge in [-0.2, -0.15) is 4.28 Å². The van der Waals surface area contributed by atoms with E-state index < -0.39 is 0 Å². The van der Waals surface area contributed by atoms with Gasteiger partial charge in [0.15, 0.2) is 0 Å². The summed E-state index contributed by atoms with van der Waals surface area (Å²) >= 11 is 1.21. The molecule has 1 aliphatic heterocycles. The number of hydroxylamine groups is 3. The predicted octanol–water partition coefficient (Wildman–Crippen LogP) is 4.42. The van der Waals surface area contributed by atoms with Gasteiger partial charge in [-0.1, -0.05) is 49.2 Å². The van der Waals surface area contributed by atoms with Gasteiger partial charge >= 0.3 is 0 Å². The van der Waals surface area contributed by atoms with Crippen LogP contribution in [0.5, 0.6) is 0 Å². The quantitative estimate of drug-likeness (QED) is 0.308. The van der Waals surface area contributed by atoms with Gasteiger partial charge in [0, 0.05) is 6.42 Å². The molecule has 1 fully saturated rings. The number of hydrogen-bond acceptors (Lipinski definition) is 6. The van der Waals surface area contributed by atoms with Crippen molar-refractivity contribution in [3.05, 3.63) is 53.1 Å². The van der Waals surface area contributed by atoms with Crippen molar-refractivity contribution in [2.45, 2.75) is 32.1 Å². The number of amides is 1. The molecular weight excluding hydrogens is 352 g/mol. The Kier molecular flexibility index (Phi) is 6.90. The summed E-state index contributed by atoms with van der Waals surface area (Å²) in [5, 5.41) is 13.0. The standard InChI is InChI=1S/C19H22N2O4S/c22-18(20-23)9-3-1-2-6-12-21-24-19(26-25-21)14-15-10-11-16-7-4-5-8-17(16)13-15/h4-5,7-8,10-11,13-14,23H,1-3,6,9,12H2,(H,20,22).